The second-order valence-corrected chi connectivity index (χ2v) is 3.68. The highest BCUT2D eigenvalue weighted by Gasteiger charge is 2.08. The van der Waals surface area contributed by atoms with Crippen LogP contribution in [-0.2, 0) is 16.6 Å². The molecular weight excluding hydrogens is 230 g/mol. The zero-order valence-electron chi connectivity index (χ0n) is 10.7. The zero-order valence-corrected chi connectivity index (χ0v) is 10.7. The van der Waals surface area contributed by atoms with Crippen molar-refractivity contribution in [3.05, 3.63) is 41.2 Å². The molecule has 0 aliphatic rings. The van der Waals surface area contributed by atoms with Crippen LogP contribution < -0.4 is 5.49 Å². The van der Waals surface area contributed by atoms with Gasteiger partial charge in [-0.25, -0.2) is 9.79 Å². The lowest BCUT2D eigenvalue weighted by molar-refractivity contribution is -0.138. The van der Waals surface area contributed by atoms with Crippen LogP contribution in [0.4, 0.5) is 0 Å². The van der Waals surface area contributed by atoms with Crippen molar-refractivity contribution in [1.82, 2.24) is 4.57 Å². The summed E-state index contributed by atoms with van der Waals surface area (Å²) in [6, 6.07) is 5.58. The van der Waals surface area contributed by atoms with Gasteiger partial charge in [0.25, 0.3) is 0 Å². The number of carbonyl (C=O) groups excluding carboxylic acids is 1. The van der Waals surface area contributed by atoms with Gasteiger partial charge in [0.05, 0.1) is 12.8 Å². The Morgan fingerprint density at radius 1 is 1.67 bits per heavy atom. The van der Waals surface area contributed by atoms with Crippen molar-refractivity contribution >= 4 is 5.97 Å². The summed E-state index contributed by atoms with van der Waals surface area (Å²) in [5.74, 6) is -0.654. The molecule has 0 radical (unpaired) electrons. The third-order valence-corrected chi connectivity index (χ3v) is 2.22. The van der Waals surface area contributed by atoms with Crippen LogP contribution in [0.3, 0.4) is 0 Å². The third-order valence-electron chi connectivity index (χ3n) is 2.22. The smallest absolute Gasteiger partial charge is 0.350 e. The van der Waals surface area contributed by atoms with Crippen LogP contribution in [0.5, 0.6) is 0 Å². The Hall–Kier alpha value is -2.35. The molecular formula is C13H15N3O2. The summed E-state index contributed by atoms with van der Waals surface area (Å²) >= 11 is 0. The molecule has 0 N–H and O–H groups in total. The number of ether oxygens (including phenoxy) is 1. The molecule has 0 aliphatic carbocycles. The van der Waals surface area contributed by atoms with Gasteiger partial charge in [-0.1, -0.05) is 0 Å². The largest absolute Gasteiger partial charge is 0.462 e. The first-order valence-electron chi connectivity index (χ1n) is 5.53. The lowest BCUT2D eigenvalue weighted by Gasteiger charge is -2.00. The molecule has 0 atom stereocenters. The summed E-state index contributed by atoms with van der Waals surface area (Å²) in [6.07, 6.45) is 3.09. The number of hydrogen-bond donors (Lipinski definition) is 0. The number of esters is 1. The molecule has 1 heterocycles. The van der Waals surface area contributed by atoms with Gasteiger partial charge in [0, 0.05) is 13.2 Å². The van der Waals surface area contributed by atoms with Gasteiger partial charge in [-0.2, -0.15) is 5.26 Å². The number of hydrogen-bond acceptors (Lipinski definition) is 4. The van der Waals surface area contributed by atoms with Crippen LogP contribution in [0.15, 0.2) is 35.1 Å². The Bertz CT molecular complexity index is 577. The van der Waals surface area contributed by atoms with E-state index in [1.807, 2.05) is 32.3 Å². The molecule has 0 amide bonds. The fraction of sp³-hybridized carbons (Fsp3) is 0.308. The molecule has 94 valence electrons. The molecule has 0 saturated heterocycles. The molecule has 0 fully saturated rings. The fourth-order valence-electron chi connectivity index (χ4n) is 1.25. The molecule has 5 heteroatoms. The van der Waals surface area contributed by atoms with E-state index in [-0.39, 0.29) is 12.2 Å². The van der Waals surface area contributed by atoms with Gasteiger partial charge >= 0.3 is 5.97 Å². The van der Waals surface area contributed by atoms with E-state index >= 15 is 0 Å². The number of nitriles is 1. The van der Waals surface area contributed by atoms with E-state index in [4.69, 9.17) is 10.00 Å². The molecule has 0 aromatic carbocycles. The van der Waals surface area contributed by atoms with Gasteiger partial charge in [-0.05, 0) is 31.5 Å². The normalized spacial score (nSPS) is 12.1. The minimum Gasteiger partial charge on any atom is -0.462 e. The first kappa shape index (κ1) is 13.7. The molecule has 1 rings (SSSR count). The average molecular weight is 245 g/mol. The summed E-state index contributed by atoms with van der Waals surface area (Å²) in [7, 11) is 1.84. The van der Waals surface area contributed by atoms with Crippen LogP contribution in [0.25, 0.3) is 0 Å². The number of aryl methyl sites for hydroxylation is 2. The highest BCUT2D eigenvalue weighted by atomic mass is 16.5. The lowest BCUT2D eigenvalue weighted by Crippen LogP contribution is -2.16. The van der Waals surface area contributed by atoms with Gasteiger partial charge in [0.15, 0.2) is 5.57 Å². The second kappa shape index (κ2) is 6.40. The van der Waals surface area contributed by atoms with Crippen molar-refractivity contribution in [2.75, 3.05) is 6.61 Å². The van der Waals surface area contributed by atoms with Crippen molar-refractivity contribution in [2.45, 2.75) is 13.8 Å². The van der Waals surface area contributed by atoms with E-state index in [1.54, 1.807) is 17.6 Å². The van der Waals surface area contributed by atoms with Crippen molar-refractivity contribution < 1.29 is 9.53 Å². The Morgan fingerprint density at radius 2 is 2.39 bits per heavy atom. The Labute approximate surface area is 106 Å². The number of nitrogens with zero attached hydrogens (tertiary/aromatic N) is 3. The predicted octanol–water partition coefficient (Wildman–Crippen LogP) is 1.20. The average Bonchev–Trinajstić information content (AvgIpc) is 2.34. The van der Waals surface area contributed by atoms with E-state index < -0.39 is 5.97 Å². The predicted molar refractivity (Wildman–Crippen MR) is 66.0 cm³/mol. The van der Waals surface area contributed by atoms with Crippen molar-refractivity contribution in [2.24, 2.45) is 12.0 Å². The van der Waals surface area contributed by atoms with E-state index in [1.165, 1.54) is 6.20 Å². The minimum absolute atomic E-state index is 0.113. The topological polar surface area (TPSA) is 67.4 Å². The SMILES string of the molecule is CCOC(=O)/C(C#N)=C\N=c1cc(C)ccn1C. The number of carbonyl (C=O) groups is 1. The second-order valence-electron chi connectivity index (χ2n) is 3.68. The Balaban J connectivity index is 3.12. The van der Waals surface area contributed by atoms with Crippen LogP contribution in [0, 0.1) is 18.3 Å². The maximum Gasteiger partial charge on any atom is 0.350 e. The van der Waals surface area contributed by atoms with Gasteiger partial charge in [0.1, 0.15) is 11.6 Å². The van der Waals surface area contributed by atoms with E-state index in [0.717, 1.165) is 5.56 Å². The van der Waals surface area contributed by atoms with Crippen molar-refractivity contribution in [3.8, 4) is 6.07 Å². The Morgan fingerprint density at radius 3 is 3.00 bits per heavy atom. The quantitative estimate of drug-likeness (QED) is 0.456. The van der Waals surface area contributed by atoms with Gasteiger partial charge < -0.3 is 9.30 Å². The van der Waals surface area contributed by atoms with Crippen LogP contribution in [-0.4, -0.2) is 17.1 Å². The minimum atomic E-state index is -0.654. The molecule has 18 heavy (non-hydrogen) atoms. The zero-order chi connectivity index (χ0) is 13.5. The first-order valence-corrected chi connectivity index (χ1v) is 5.53. The molecule has 0 spiro atoms. The number of rotatable bonds is 3. The summed E-state index contributed by atoms with van der Waals surface area (Å²) in [6.45, 7) is 3.86. The Kier molecular flexibility index (Phi) is 4.88. The molecule has 5 nitrogen and oxygen atoms in total. The maximum absolute atomic E-state index is 11.4. The van der Waals surface area contributed by atoms with Gasteiger partial charge in [-0.15, -0.1) is 0 Å². The maximum atomic E-state index is 11.4. The first-order chi connectivity index (χ1) is 8.58. The molecule has 1 aromatic heterocycles. The highest BCUT2D eigenvalue weighted by Crippen LogP contribution is 1.97. The summed E-state index contributed by atoms with van der Waals surface area (Å²) in [5, 5.41) is 8.84. The monoisotopic (exact) mass is 245 g/mol. The number of pyridine rings is 1. The van der Waals surface area contributed by atoms with Crippen LogP contribution in [0.1, 0.15) is 12.5 Å². The van der Waals surface area contributed by atoms with Crippen molar-refractivity contribution in [3.63, 3.8) is 0 Å². The van der Waals surface area contributed by atoms with E-state index in [0.29, 0.717) is 5.49 Å². The highest BCUT2D eigenvalue weighted by molar-refractivity contribution is 5.92. The number of aromatic nitrogens is 1. The van der Waals surface area contributed by atoms with Gasteiger partial charge in [0.2, 0.25) is 0 Å². The fourth-order valence-corrected chi connectivity index (χ4v) is 1.25. The van der Waals surface area contributed by atoms with E-state index in [2.05, 4.69) is 4.99 Å². The van der Waals surface area contributed by atoms with E-state index in [9.17, 15) is 4.79 Å². The summed E-state index contributed by atoms with van der Waals surface area (Å²) in [5.41, 5.74) is 1.60. The summed E-state index contributed by atoms with van der Waals surface area (Å²) < 4.78 is 6.54. The molecule has 0 aliphatic heterocycles. The third kappa shape index (κ3) is 3.59. The van der Waals surface area contributed by atoms with Crippen molar-refractivity contribution in [1.29, 1.82) is 5.26 Å². The molecule has 1 aromatic rings. The van der Waals surface area contributed by atoms with Crippen LogP contribution >= 0.6 is 0 Å². The summed E-state index contributed by atoms with van der Waals surface area (Å²) in [4.78, 5) is 15.5. The lowest BCUT2D eigenvalue weighted by atomic mass is 10.3. The molecule has 0 unspecified atom stereocenters. The van der Waals surface area contributed by atoms with Gasteiger partial charge in [-0.3, -0.25) is 0 Å². The molecule has 0 saturated carbocycles. The standard InChI is InChI=1S/C13H15N3O2/c1-4-18-13(17)11(8-14)9-15-12-7-10(2)5-6-16(12)3/h5-7,9H,4H2,1-3H3/b11-9-,15-12?. The van der Waals surface area contributed by atoms with Crippen LogP contribution in [0.2, 0.25) is 0 Å². The molecule has 0 bridgehead atoms.